The Labute approximate surface area is 158 Å². The first kappa shape index (κ1) is 19.0. The summed E-state index contributed by atoms with van der Waals surface area (Å²) < 4.78 is 0. The van der Waals surface area contributed by atoms with Crippen LogP contribution in [-0.4, -0.2) is 54.2 Å². The molecule has 27 heavy (non-hydrogen) atoms. The second-order valence-corrected chi connectivity index (χ2v) is 7.12. The molecule has 0 spiro atoms. The molecule has 1 aromatic carbocycles. The van der Waals surface area contributed by atoms with Gasteiger partial charge in [0.05, 0.1) is 12.0 Å². The summed E-state index contributed by atoms with van der Waals surface area (Å²) in [6, 6.07) is 7.01. The first-order valence-corrected chi connectivity index (χ1v) is 9.39. The third-order valence-corrected chi connectivity index (χ3v) is 5.18. The Hall–Kier alpha value is -2.77. The van der Waals surface area contributed by atoms with E-state index in [2.05, 4.69) is 10.6 Å². The van der Waals surface area contributed by atoms with Gasteiger partial charge >= 0.3 is 18.0 Å². The molecule has 1 aromatic rings. The number of hydrogen-bond donors (Lipinski definition) is 3. The lowest BCUT2D eigenvalue weighted by Gasteiger charge is -2.32. The fourth-order valence-electron chi connectivity index (χ4n) is 3.54. The fourth-order valence-corrected chi connectivity index (χ4v) is 3.54. The minimum Gasteiger partial charge on any atom is -0.481 e. The number of amides is 4. The highest BCUT2D eigenvalue weighted by Gasteiger charge is 2.28. The molecule has 0 saturated carbocycles. The summed E-state index contributed by atoms with van der Waals surface area (Å²) in [7, 11) is 0. The van der Waals surface area contributed by atoms with E-state index in [1.807, 2.05) is 31.2 Å². The SMILES string of the molecule is CC(NC(=O)N1CCCC(C(=O)O)C1)c1ccc(N2CCCNC2=O)cc1. The third kappa shape index (κ3) is 4.50. The number of hydrogen-bond acceptors (Lipinski definition) is 3. The van der Waals surface area contributed by atoms with Gasteiger partial charge in [0.1, 0.15) is 0 Å². The van der Waals surface area contributed by atoms with E-state index in [0.717, 1.165) is 17.7 Å². The van der Waals surface area contributed by atoms with E-state index in [1.54, 1.807) is 9.80 Å². The first-order chi connectivity index (χ1) is 13.0. The number of nitrogens with one attached hydrogen (secondary N) is 2. The molecule has 2 unspecified atom stereocenters. The van der Waals surface area contributed by atoms with Gasteiger partial charge in [0, 0.05) is 31.9 Å². The maximum Gasteiger partial charge on any atom is 0.321 e. The maximum atomic E-state index is 12.5. The molecule has 4 amide bonds. The second-order valence-electron chi connectivity index (χ2n) is 7.12. The molecular formula is C19H26N4O4. The van der Waals surface area contributed by atoms with Gasteiger partial charge in [-0.05, 0) is 43.9 Å². The Bertz CT molecular complexity index is 706. The number of urea groups is 2. The Morgan fingerprint density at radius 3 is 2.63 bits per heavy atom. The van der Waals surface area contributed by atoms with Crippen LogP contribution < -0.4 is 15.5 Å². The van der Waals surface area contributed by atoms with Crippen molar-refractivity contribution in [3.8, 4) is 0 Å². The zero-order valence-corrected chi connectivity index (χ0v) is 15.5. The van der Waals surface area contributed by atoms with Crippen molar-refractivity contribution in [3.63, 3.8) is 0 Å². The molecule has 3 N–H and O–H groups in total. The van der Waals surface area contributed by atoms with Gasteiger partial charge < -0.3 is 20.6 Å². The van der Waals surface area contributed by atoms with Crippen LogP contribution in [0.5, 0.6) is 0 Å². The summed E-state index contributed by atoms with van der Waals surface area (Å²) in [5.41, 5.74) is 1.76. The van der Waals surface area contributed by atoms with Crippen molar-refractivity contribution in [3.05, 3.63) is 29.8 Å². The lowest BCUT2D eigenvalue weighted by molar-refractivity contribution is -0.143. The number of carboxylic acids is 1. The zero-order chi connectivity index (χ0) is 19.4. The van der Waals surface area contributed by atoms with E-state index < -0.39 is 11.9 Å². The van der Waals surface area contributed by atoms with Gasteiger partial charge in [0.15, 0.2) is 0 Å². The van der Waals surface area contributed by atoms with Crippen LogP contribution in [0.25, 0.3) is 0 Å². The van der Waals surface area contributed by atoms with E-state index >= 15 is 0 Å². The minimum absolute atomic E-state index is 0.0894. The predicted molar refractivity (Wildman–Crippen MR) is 101 cm³/mol. The lowest BCUT2D eigenvalue weighted by Crippen LogP contribution is -2.47. The number of carboxylic acid groups (broad SMARTS) is 1. The summed E-state index contributed by atoms with van der Waals surface area (Å²) >= 11 is 0. The molecule has 0 aliphatic carbocycles. The highest BCUT2D eigenvalue weighted by Crippen LogP contribution is 2.22. The molecule has 0 radical (unpaired) electrons. The number of carbonyl (C=O) groups is 3. The van der Waals surface area contributed by atoms with Crippen LogP contribution in [0.2, 0.25) is 0 Å². The summed E-state index contributed by atoms with van der Waals surface area (Å²) in [5, 5.41) is 14.9. The highest BCUT2D eigenvalue weighted by atomic mass is 16.4. The number of benzene rings is 1. The van der Waals surface area contributed by atoms with Gasteiger partial charge in [0.2, 0.25) is 0 Å². The Morgan fingerprint density at radius 2 is 1.96 bits per heavy atom. The zero-order valence-electron chi connectivity index (χ0n) is 15.5. The normalized spacial score (nSPS) is 21.4. The lowest BCUT2D eigenvalue weighted by atomic mass is 9.98. The highest BCUT2D eigenvalue weighted by molar-refractivity contribution is 5.92. The molecule has 8 nitrogen and oxygen atoms in total. The summed E-state index contributed by atoms with van der Waals surface area (Å²) in [6.45, 7) is 4.11. The predicted octanol–water partition coefficient (Wildman–Crippen LogP) is 2.17. The monoisotopic (exact) mass is 374 g/mol. The number of carbonyl (C=O) groups excluding carboxylic acids is 2. The largest absolute Gasteiger partial charge is 0.481 e. The fraction of sp³-hybridized carbons (Fsp3) is 0.526. The van der Waals surface area contributed by atoms with E-state index in [0.29, 0.717) is 32.5 Å². The molecule has 0 bridgehead atoms. The summed E-state index contributed by atoms with van der Waals surface area (Å²) in [5.74, 6) is -1.34. The molecule has 2 atom stereocenters. The van der Waals surface area contributed by atoms with Crippen molar-refractivity contribution in [2.24, 2.45) is 5.92 Å². The van der Waals surface area contributed by atoms with Gasteiger partial charge in [-0.15, -0.1) is 0 Å². The van der Waals surface area contributed by atoms with E-state index in [-0.39, 0.29) is 24.6 Å². The molecule has 2 saturated heterocycles. The first-order valence-electron chi connectivity index (χ1n) is 9.39. The molecule has 2 aliphatic rings. The summed E-state index contributed by atoms with van der Waals surface area (Å²) in [6.07, 6.45) is 2.22. The van der Waals surface area contributed by atoms with Gasteiger partial charge in [-0.25, -0.2) is 9.59 Å². The van der Waals surface area contributed by atoms with Crippen molar-refractivity contribution < 1.29 is 19.5 Å². The van der Waals surface area contributed by atoms with Crippen LogP contribution in [-0.2, 0) is 4.79 Å². The smallest absolute Gasteiger partial charge is 0.321 e. The van der Waals surface area contributed by atoms with Crippen LogP contribution in [0.15, 0.2) is 24.3 Å². The Kier molecular flexibility index (Phi) is 5.83. The van der Waals surface area contributed by atoms with Crippen LogP contribution in [0, 0.1) is 5.92 Å². The Morgan fingerprint density at radius 1 is 1.22 bits per heavy atom. The molecular weight excluding hydrogens is 348 g/mol. The molecule has 146 valence electrons. The van der Waals surface area contributed by atoms with Crippen LogP contribution in [0.3, 0.4) is 0 Å². The molecule has 8 heteroatoms. The van der Waals surface area contributed by atoms with E-state index in [4.69, 9.17) is 5.11 Å². The Balaban J connectivity index is 1.59. The number of aliphatic carboxylic acids is 1. The van der Waals surface area contributed by atoms with Gasteiger partial charge in [0.25, 0.3) is 0 Å². The standard InChI is InChI=1S/C19H26N4O4/c1-13(21-19(27)22-10-2-4-15(12-22)17(24)25)14-5-7-16(8-6-14)23-11-3-9-20-18(23)26/h5-8,13,15H,2-4,9-12H2,1H3,(H,20,26)(H,21,27)(H,24,25). The molecule has 2 heterocycles. The summed E-state index contributed by atoms with van der Waals surface area (Å²) in [4.78, 5) is 38.8. The minimum atomic E-state index is -0.849. The van der Waals surface area contributed by atoms with Crippen LogP contribution >= 0.6 is 0 Å². The van der Waals surface area contributed by atoms with Crippen molar-refractivity contribution >= 4 is 23.7 Å². The number of nitrogens with zero attached hydrogens (tertiary/aromatic N) is 2. The van der Waals surface area contributed by atoms with Crippen LogP contribution in [0.1, 0.15) is 37.8 Å². The van der Waals surface area contributed by atoms with Crippen LogP contribution in [0.4, 0.5) is 15.3 Å². The number of likely N-dealkylation sites (tertiary alicyclic amines) is 1. The van der Waals surface area contributed by atoms with E-state index in [1.165, 1.54) is 0 Å². The van der Waals surface area contributed by atoms with Gasteiger partial charge in [-0.2, -0.15) is 0 Å². The average molecular weight is 374 g/mol. The molecule has 0 aromatic heterocycles. The van der Waals surface area contributed by atoms with Crippen molar-refractivity contribution in [1.82, 2.24) is 15.5 Å². The van der Waals surface area contributed by atoms with Crippen molar-refractivity contribution in [2.75, 3.05) is 31.1 Å². The van der Waals surface area contributed by atoms with E-state index in [9.17, 15) is 14.4 Å². The average Bonchev–Trinajstić information content (AvgIpc) is 2.68. The van der Waals surface area contributed by atoms with Crippen molar-refractivity contribution in [2.45, 2.75) is 32.2 Å². The molecule has 3 rings (SSSR count). The number of rotatable bonds is 4. The maximum absolute atomic E-state index is 12.5. The quantitative estimate of drug-likeness (QED) is 0.752. The van der Waals surface area contributed by atoms with Gasteiger partial charge in [-0.3, -0.25) is 9.69 Å². The topological polar surface area (TPSA) is 102 Å². The third-order valence-electron chi connectivity index (χ3n) is 5.18. The molecule has 2 aliphatic heterocycles. The number of piperidine rings is 1. The molecule has 2 fully saturated rings. The second kappa shape index (κ2) is 8.28. The number of anilines is 1. The van der Waals surface area contributed by atoms with Crippen molar-refractivity contribution in [1.29, 1.82) is 0 Å². The van der Waals surface area contributed by atoms with Gasteiger partial charge in [-0.1, -0.05) is 12.1 Å².